The van der Waals surface area contributed by atoms with E-state index < -0.39 is 0 Å². The number of aryl methyl sites for hydroxylation is 2. The molecule has 2 aromatic carbocycles. The molecule has 0 saturated heterocycles. The molecule has 0 aliphatic heterocycles. The Morgan fingerprint density at radius 1 is 1.03 bits per heavy atom. The van der Waals surface area contributed by atoms with Crippen LogP contribution in [0.3, 0.4) is 0 Å². The Bertz CT molecular complexity index is 1310. The molecule has 29 heavy (non-hydrogen) atoms. The highest BCUT2D eigenvalue weighted by molar-refractivity contribution is 5.79. The van der Waals surface area contributed by atoms with E-state index in [0.29, 0.717) is 18.6 Å². The second kappa shape index (κ2) is 7.46. The van der Waals surface area contributed by atoms with Gasteiger partial charge in [0, 0.05) is 19.5 Å². The number of carbonyl (C=O) groups is 1. The molecule has 0 aliphatic carbocycles. The summed E-state index contributed by atoms with van der Waals surface area (Å²) in [6.07, 6.45) is 0.200. The second-order valence-electron chi connectivity index (χ2n) is 7.09. The Morgan fingerprint density at radius 2 is 1.72 bits per heavy atom. The lowest BCUT2D eigenvalue weighted by atomic mass is 10.1. The number of nitrogens with one attached hydrogen (secondary N) is 3. The summed E-state index contributed by atoms with van der Waals surface area (Å²) < 4.78 is 3.36. The van der Waals surface area contributed by atoms with Crippen molar-refractivity contribution in [2.24, 2.45) is 0 Å². The van der Waals surface area contributed by atoms with Crippen molar-refractivity contribution in [1.29, 1.82) is 0 Å². The van der Waals surface area contributed by atoms with Gasteiger partial charge in [0.1, 0.15) is 0 Å². The van der Waals surface area contributed by atoms with E-state index in [4.69, 9.17) is 0 Å². The number of H-pyrrole nitrogens is 2. The van der Waals surface area contributed by atoms with Crippen molar-refractivity contribution in [1.82, 2.24) is 24.4 Å². The Kier molecular flexibility index (Phi) is 4.84. The zero-order valence-corrected chi connectivity index (χ0v) is 16.4. The molecule has 150 valence electrons. The zero-order chi connectivity index (χ0) is 20.5. The molecule has 0 bridgehead atoms. The number of aromatic amines is 2. The second-order valence-corrected chi connectivity index (χ2v) is 7.09. The van der Waals surface area contributed by atoms with Gasteiger partial charge in [0.05, 0.1) is 28.1 Å². The SMILES string of the molecule is CCn1c(=O)n(CCC(=O)NC(C)c2ccc3[nH]c(=O)[nH]c3c2)c2ccccc21. The minimum atomic E-state index is -0.259. The monoisotopic (exact) mass is 393 g/mol. The highest BCUT2D eigenvalue weighted by Gasteiger charge is 2.15. The first-order chi connectivity index (χ1) is 14.0. The predicted octanol–water partition coefficient (Wildman–Crippen LogP) is 2.26. The van der Waals surface area contributed by atoms with E-state index in [0.717, 1.165) is 22.1 Å². The van der Waals surface area contributed by atoms with Crippen molar-refractivity contribution in [3.63, 3.8) is 0 Å². The molecule has 4 aromatic rings. The van der Waals surface area contributed by atoms with Crippen molar-refractivity contribution in [2.45, 2.75) is 39.4 Å². The van der Waals surface area contributed by atoms with Crippen LogP contribution in [0.1, 0.15) is 31.9 Å². The van der Waals surface area contributed by atoms with E-state index in [1.165, 1.54) is 0 Å². The van der Waals surface area contributed by atoms with Crippen LogP contribution < -0.4 is 16.7 Å². The minimum absolute atomic E-state index is 0.101. The van der Waals surface area contributed by atoms with Crippen molar-refractivity contribution in [2.75, 3.05) is 0 Å². The largest absolute Gasteiger partial charge is 0.350 e. The summed E-state index contributed by atoms with van der Waals surface area (Å²) in [5, 5.41) is 2.96. The molecular weight excluding hydrogens is 370 g/mol. The molecule has 0 spiro atoms. The molecule has 0 fully saturated rings. The first-order valence-electron chi connectivity index (χ1n) is 9.67. The van der Waals surface area contributed by atoms with Crippen molar-refractivity contribution in [3.05, 3.63) is 69.0 Å². The van der Waals surface area contributed by atoms with Gasteiger partial charge in [0.15, 0.2) is 0 Å². The Labute approximate surface area is 166 Å². The fourth-order valence-electron chi connectivity index (χ4n) is 3.72. The van der Waals surface area contributed by atoms with Crippen molar-refractivity contribution >= 4 is 28.0 Å². The Balaban J connectivity index is 1.47. The van der Waals surface area contributed by atoms with Gasteiger partial charge >= 0.3 is 11.4 Å². The topological polar surface area (TPSA) is 105 Å². The fourth-order valence-corrected chi connectivity index (χ4v) is 3.72. The highest BCUT2D eigenvalue weighted by atomic mass is 16.2. The summed E-state index contributed by atoms with van der Waals surface area (Å²) in [6, 6.07) is 12.9. The number of rotatable bonds is 6. The van der Waals surface area contributed by atoms with Crippen LogP contribution in [-0.2, 0) is 17.9 Å². The van der Waals surface area contributed by atoms with Crippen LogP contribution in [-0.4, -0.2) is 25.0 Å². The fraction of sp³-hybridized carbons (Fsp3) is 0.286. The number of nitrogens with zero attached hydrogens (tertiary/aromatic N) is 2. The van der Waals surface area contributed by atoms with Crippen LogP contribution in [0.2, 0.25) is 0 Å². The summed E-state index contributed by atoms with van der Waals surface area (Å²) >= 11 is 0. The quantitative estimate of drug-likeness (QED) is 0.468. The summed E-state index contributed by atoms with van der Waals surface area (Å²) in [6.45, 7) is 4.72. The van der Waals surface area contributed by atoms with Crippen LogP contribution in [0, 0.1) is 0 Å². The van der Waals surface area contributed by atoms with Crippen molar-refractivity contribution in [3.8, 4) is 0 Å². The molecule has 1 atom stereocenters. The summed E-state index contributed by atoms with van der Waals surface area (Å²) in [4.78, 5) is 42.0. The normalized spacial score (nSPS) is 12.5. The van der Waals surface area contributed by atoms with E-state index in [9.17, 15) is 14.4 Å². The smallest absolute Gasteiger partial charge is 0.329 e. The Morgan fingerprint density at radius 3 is 2.45 bits per heavy atom. The molecule has 2 heterocycles. The third-order valence-electron chi connectivity index (χ3n) is 5.22. The van der Waals surface area contributed by atoms with E-state index in [-0.39, 0.29) is 29.7 Å². The number of hydrogen-bond donors (Lipinski definition) is 3. The molecule has 1 unspecified atom stereocenters. The number of carbonyl (C=O) groups excluding carboxylic acids is 1. The van der Waals surface area contributed by atoms with E-state index in [1.54, 1.807) is 9.13 Å². The molecule has 0 radical (unpaired) electrons. The molecule has 0 aliphatic rings. The molecule has 8 heteroatoms. The van der Waals surface area contributed by atoms with Gasteiger partial charge in [-0.1, -0.05) is 18.2 Å². The van der Waals surface area contributed by atoms with E-state index in [2.05, 4.69) is 15.3 Å². The van der Waals surface area contributed by atoms with Crippen LogP contribution in [0.4, 0.5) is 0 Å². The maximum atomic E-state index is 12.7. The Hall–Kier alpha value is -3.55. The number of amides is 1. The molecule has 3 N–H and O–H groups in total. The van der Waals surface area contributed by atoms with Gasteiger partial charge in [-0.15, -0.1) is 0 Å². The van der Waals surface area contributed by atoms with Crippen LogP contribution in [0.5, 0.6) is 0 Å². The van der Waals surface area contributed by atoms with Gasteiger partial charge in [0.25, 0.3) is 0 Å². The molecule has 8 nitrogen and oxygen atoms in total. The van der Waals surface area contributed by atoms with Crippen LogP contribution in [0.25, 0.3) is 22.1 Å². The maximum absolute atomic E-state index is 12.7. The maximum Gasteiger partial charge on any atom is 0.329 e. The standard InChI is InChI=1S/C21H23N5O3/c1-3-25-17-6-4-5-7-18(17)26(21(25)29)11-10-19(27)22-13(2)14-8-9-15-16(12-14)24-20(28)23-15/h4-9,12-13H,3,10-11H2,1-2H3,(H,22,27)(H2,23,24,28). The van der Waals surface area contributed by atoms with Crippen LogP contribution >= 0.6 is 0 Å². The molecule has 2 aromatic heterocycles. The molecular formula is C21H23N5O3. The van der Waals surface area contributed by atoms with Gasteiger partial charge in [-0.05, 0) is 43.7 Å². The van der Waals surface area contributed by atoms with E-state index >= 15 is 0 Å². The van der Waals surface area contributed by atoms with Gasteiger partial charge < -0.3 is 15.3 Å². The number of para-hydroxylation sites is 2. The third kappa shape index (κ3) is 3.49. The summed E-state index contributed by atoms with van der Waals surface area (Å²) in [7, 11) is 0. The minimum Gasteiger partial charge on any atom is -0.350 e. The van der Waals surface area contributed by atoms with Gasteiger partial charge in [-0.2, -0.15) is 0 Å². The number of hydrogen-bond acceptors (Lipinski definition) is 3. The average Bonchev–Trinajstić information content (AvgIpc) is 3.21. The summed E-state index contributed by atoms with van der Waals surface area (Å²) in [5.74, 6) is -0.139. The lowest BCUT2D eigenvalue weighted by Gasteiger charge is -2.14. The highest BCUT2D eigenvalue weighted by Crippen LogP contribution is 2.17. The third-order valence-corrected chi connectivity index (χ3v) is 5.22. The van der Waals surface area contributed by atoms with Gasteiger partial charge in [-0.3, -0.25) is 13.9 Å². The lowest BCUT2D eigenvalue weighted by Crippen LogP contribution is -2.30. The van der Waals surface area contributed by atoms with Crippen LogP contribution in [0.15, 0.2) is 52.1 Å². The predicted molar refractivity (Wildman–Crippen MR) is 112 cm³/mol. The van der Waals surface area contributed by atoms with Gasteiger partial charge in [0.2, 0.25) is 5.91 Å². The number of fused-ring (bicyclic) bond motifs is 2. The lowest BCUT2D eigenvalue weighted by molar-refractivity contribution is -0.121. The van der Waals surface area contributed by atoms with E-state index in [1.807, 2.05) is 56.3 Å². The summed E-state index contributed by atoms with van der Waals surface area (Å²) in [5.41, 5.74) is 3.67. The van der Waals surface area contributed by atoms with Gasteiger partial charge in [-0.25, -0.2) is 9.59 Å². The first kappa shape index (κ1) is 18.8. The van der Waals surface area contributed by atoms with Crippen molar-refractivity contribution < 1.29 is 4.79 Å². The number of imidazole rings is 2. The molecule has 4 rings (SSSR count). The molecule has 1 amide bonds. The first-order valence-corrected chi connectivity index (χ1v) is 9.67. The number of aromatic nitrogens is 4. The molecule has 0 saturated carbocycles. The number of benzene rings is 2. The zero-order valence-electron chi connectivity index (χ0n) is 16.4. The average molecular weight is 393 g/mol.